The van der Waals surface area contributed by atoms with Gasteiger partial charge < -0.3 is 26.9 Å². The van der Waals surface area contributed by atoms with Gasteiger partial charge in [0.05, 0.1) is 25.7 Å². The van der Waals surface area contributed by atoms with Crippen molar-refractivity contribution in [1.82, 2.24) is 10.2 Å². The molecule has 0 radical (unpaired) electrons. The molecular weight excluding hydrogens is 543 g/mol. The second-order valence-electron chi connectivity index (χ2n) is 10.2. The number of allylic oxidation sites excluding steroid dienone is 1. The van der Waals surface area contributed by atoms with Gasteiger partial charge >= 0.3 is 51.4 Å². The van der Waals surface area contributed by atoms with E-state index >= 15 is 0 Å². The van der Waals surface area contributed by atoms with Crippen molar-refractivity contribution in [3.05, 3.63) is 71.1 Å². The number of unbranched alkanes of at least 4 members (excludes halogenated alkanes) is 1. The zero-order valence-corrected chi connectivity index (χ0v) is 28.7. The molecule has 2 aliphatic rings. The zero-order chi connectivity index (χ0) is 29.3. The summed E-state index contributed by atoms with van der Waals surface area (Å²) in [5, 5.41) is 3.22. The van der Waals surface area contributed by atoms with Gasteiger partial charge in [-0.15, -0.1) is 6.08 Å². The van der Waals surface area contributed by atoms with Crippen LogP contribution in [-0.2, 0) is 11.3 Å². The fraction of sp³-hybridized carbons (Fsp3) is 0.438. The average molecular weight is 587 g/mol. The van der Waals surface area contributed by atoms with Crippen LogP contribution in [0, 0.1) is 6.42 Å². The molecule has 9 heteroatoms. The molecule has 2 heterocycles. The molecule has 0 bridgehead atoms. The van der Waals surface area contributed by atoms with E-state index in [1.165, 1.54) is 4.90 Å². The summed E-state index contributed by atoms with van der Waals surface area (Å²) in [6.07, 6.45) is 8.10. The molecule has 8 nitrogen and oxygen atoms in total. The van der Waals surface area contributed by atoms with E-state index < -0.39 is 5.60 Å². The van der Waals surface area contributed by atoms with Crippen molar-refractivity contribution < 1.29 is 70.4 Å². The van der Waals surface area contributed by atoms with Crippen molar-refractivity contribution in [2.75, 3.05) is 13.2 Å². The summed E-state index contributed by atoms with van der Waals surface area (Å²) in [6.45, 7) is 13.0. The second kappa shape index (κ2) is 16.5. The molecule has 2 aromatic rings. The van der Waals surface area contributed by atoms with Gasteiger partial charge in [-0.2, -0.15) is 13.3 Å². The van der Waals surface area contributed by atoms with E-state index in [9.17, 15) is 9.59 Å². The summed E-state index contributed by atoms with van der Waals surface area (Å²) < 4.78 is 12.0. The standard InChI is InChI=1S/C30H37N4O4.C2H6.K/c1-5-7-8-9-20-10-12-26-23(16-20)24(18-30(3,4)38-26)33-28(36)21-11-13-25(37-6-2)22(17-21)19-34-27(35)14-15-32-29(34)31;1-2;/h5,8-13,16-17,24H,6-7,14-15,18-19H2,1-4H3,(H2,31,32)(H,33,36);1-2H3;/q-1;;+1/b9-8-;;. The second-order valence-corrected chi connectivity index (χ2v) is 10.2. The smallest absolute Gasteiger partial charge is 0.494 e. The van der Waals surface area contributed by atoms with Gasteiger partial charge in [-0.25, -0.2) is 0 Å². The van der Waals surface area contributed by atoms with Crippen LogP contribution in [0.4, 0.5) is 0 Å². The summed E-state index contributed by atoms with van der Waals surface area (Å²) in [6, 6.07) is 11.1. The first kappa shape index (κ1) is 35.0. The monoisotopic (exact) mass is 586 g/mol. The van der Waals surface area contributed by atoms with Crippen molar-refractivity contribution in [3.63, 3.8) is 0 Å². The van der Waals surface area contributed by atoms with Gasteiger partial charge in [-0.1, -0.05) is 26.0 Å². The van der Waals surface area contributed by atoms with Gasteiger partial charge in [0.1, 0.15) is 17.1 Å². The normalized spacial score (nSPS) is 17.3. The first-order valence-corrected chi connectivity index (χ1v) is 14.1. The molecule has 1 unspecified atom stereocenters. The maximum Gasteiger partial charge on any atom is 1.00 e. The predicted octanol–water partition coefficient (Wildman–Crippen LogP) is 2.82. The number of hydrogen-bond donors (Lipinski definition) is 2. The number of ether oxygens (including phenoxy) is 2. The Labute approximate surface area is 287 Å². The number of fused-ring (bicyclic) bond motifs is 1. The summed E-state index contributed by atoms with van der Waals surface area (Å²) in [7, 11) is 0. The van der Waals surface area contributed by atoms with E-state index in [1.807, 2.05) is 53.7 Å². The van der Waals surface area contributed by atoms with Crippen LogP contribution in [0.2, 0.25) is 0 Å². The molecule has 0 fully saturated rings. The topological polar surface area (TPSA) is 106 Å². The number of nitrogens with one attached hydrogen (secondary N) is 1. The number of amides is 2. The summed E-state index contributed by atoms with van der Waals surface area (Å²) in [4.78, 5) is 31.6. The van der Waals surface area contributed by atoms with E-state index in [0.717, 1.165) is 23.3 Å². The van der Waals surface area contributed by atoms with Gasteiger partial charge in [0.15, 0.2) is 5.96 Å². The first-order chi connectivity index (χ1) is 19.2. The van der Waals surface area contributed by atoms with E-state index in [-0.39, 0.29) is 81.7 Å². The molecule has 41 heavy (non-hydrogen) atoms. The minimum atomic E-state index is -0.436. The van der Waals surface area contributed by atoms with Crippen LogP contribution in [0.1, 0.15) is 93.9 Å². The number of rotatable bonds is 9. The number of nitrogens with two attached hydrogens (primary N) is 1. The van der Waals surface area contributed by atoms with E-state index in [1.54, 1.807) is 18.2 Å². The zero-order valence-electron chi connectivity index (χ0n) is 25.6. The Morgan fingerprint density at radius 1 is 1.27 bits per heavy atom. The Bertz CT molecular complexity index is 1260. The number of hydrogen-bond acceptors (Lipinski definition) is 6. The quantitative estimate of drug-likeness (QED) is 0.347. The molecule has 3 N–H and O–H groups in total. The van der Waals surface area contributed by atoms with Crippen molar-refractivity contribution in [2.24, 2.45) is 10.7 Å². The van der Waals surface area contributed by atoms with Crippen LogP contribution in [0.5, 0.6) is 11.5 Å². The van der Waals surface area contributed by atoms with Crippen LogP contribution in [-0.4, -0.2) is 41.4 Å². The molecule has 2 aliphatic heterocycles. The summed E-state index contributed by atoms with van der Waals surface area (Å²) >= 11 is 0. The minimum absolute atomic E-state index is 0. The molecule has 0 saturated heterocycles. The van der Waals surface area contributed by atoms with Crippen molar-refractivity contribution in [1.29, 1.82) is 0 Å². The number of aliphatic imine (C=N–C) groups is 1. The maximum absolute atomic E-state index is 13.5. The van der Waals surface area contributed by atoms with Gasteiger partial charge in [0.2, 0.25) is 5.91 Å². The minimum Gasteiger partial charge on any atom is -0.494 e. The molecule has 2 amide bonds. The van der Waals surface area contributed by atoms with Crippen LogP contribution < -0.4 is 71.9 Å². The summed E-state index contributed by atoms with van der Waals surface area (Å²) in [5.74, 6) is 1.25. The number of benzene rings is 2. The number of nitrogens with zero attached hydrogens (tertiary/aromatic N) is 2. The Balaban J connectivity index is 0.00000192. The first-order valence-electron chi connectivity index (χ1n) is 14.1. The van der Waals surface area contributed by atoms with E-state index in [0.29, 0.717) is 42.9 Å². The van der Waals surface area contributed by atoms with Crippen molar-refractivity contribution >= 4 is 23.8 Å². The van der Waals surface area contributed by atoms with Crippen LogP contribution in [0.15, 0.2) is 47.5 Å². The molecule has 216 valence electrons. The third kappa shape index (κ3) is 9.41. The Morgan fingerprint density at radius 2 is 2.02 bits per heavy atom. The molecule has 0 saturated carbocycles. The van der Waals surface area contributed by atoms with E-state index in [4.69, 9.17) is 15.2 Å². The fourth-order valence-corrected chi connectivity index (χ4v) is 4.78. The Kier molecular flexibility index (Phi) is 14.1. The molecule has 4 rings (SSSR count). The molecule has 0 spiro atoms. The number of guanidine groups is 1. The average Bonchev–Trinajstić information content (AvgIpc) is 2.92. The third-order valence-electron chi connectivity index (χ3n) is 6.61. The van der Waals surface area contributed by atoms with Crippen LogP contribution in [0.3, 0.4) is 0 Å². The van der Waals surface area contributed by atoms with Crippen LogP contribution >= 0.6 is 0 Å². The van der Waals surface area contributed by atoms with Gasteiger partial charge in [0.25, 0.3) is 5.91 Å². The van der Waals surface area contributed by atoms with Crippen molar-refractivity contribution in [3.8, 4) is 11.5 Å². The SMILES string of the molecule is CC.C[CH-]C/C=C\c1ccc2c(c1)C(NC(=O)c1ccc(OCC)c(CN3C(=O)CCN=C3N)c1)CC(C)(C)O2.[K+]. The molecule has 1 atom stereocenters. The molecule has 2 aromatic carbocycles. The van der Waals surface area contributed by atoms with Crippen molar-refractivity contribution in [2.45, 2.75) is 79.0 Å². The molecule has 0 aromatic heterocycles. The Morgan fingerprint density at radius 3 is 2.71 bits per heavy atom. The number of carbonyl (C=O) groups is 2. The Hall–Kier alpha value is -2.17. The third-order valence-corrected chi connectivity index (χ3v) is 6.61. The van der Waals surface area contributed by atoms with Gasteiger partial charge in [-0.3, -0.25) is 19.5 Å². The predicted molar refractivity (Wildman–Crippen MR) is 160 cm³/mol. The summed E-state index contributed by atoms with van der Waals surface area (Å²) in [5.41, 5.74) is 8.75. The van der Waals surface area contributed by atoms with Gasteiger partial charge in [0, 0.05) is 29.5 Å². The largest absolute Gasteiger partial charge is 1.00 e. The molecular formula is C32H43KN4O4. The van der Waals surface area contributed by atoms with Gasteiger partial charge in [-0.05, 0) is 56.7 Å². The fourth-order valence-electron chi connectivity index (χ4n) is 4.78. The van der Waals surface area contributed by atoms with Crippen LogP contribution in [0.25, 0.3) is 6.08 Å². The maximum atomic E-state index is 13.5. The number of carbonyl (C=O) groups excluding carboxylic acids is 2. The van der Waals surface area contributed by atoms with E-state index in [2.05, 4.69) is 34.9 Å². The molecule has 0 aliphatic carbocycles.